The van der Waals surface area contributed by atoms with Crippen molar-refractivity contribution in [2.24, 2.45) is 0 Å². The van der Waals surface area contributed by atoms with E-state index in [1.807, 2.05) is 6.07 Å². The number of carbonyl (C=O) groups is 1. The minimum absolute atomic E-state index is 0.174. The van der Waals surface area contributed by atoms with E-state index in [0.29, 0.717) is 27.3 Å². The van der Waals surface area contributed by atoms with Crippen molar-refractivity contribution in [1.29, 1.82) is 0 Å². The van der Waals surface area contributed by atoms with Crippen LogP contribution in [-0.4, -0.2) is 15.9 Å². The van der Waals surface area contributed by atoms with Gasteiger partial charge in [-0.3, -0.25) is 4.79 Å². The van der Waals surface area contributed by atoms with Gasteiger partial charge in [0.25, 0.3) is 5.91 Å². The van der Waals surface area contributed by atoms with Crippen LogP contribution >= 0.6 is 11.3 Å². The van der Waals surface area contributed by atoms with E-state index in [0.717, 1.165) is 23.0 Å². The second-order valence-electron chi connectivity index (χ2n) is 6.00. The van der Waals surface area contributed by atoms with E-state index >= 15 is 0 Å². The summed E-state index contributed by atoms with van der Waals surface area (Å²) in [4.78, 5) is 20.7. The third kappa shape index (κ3) is 3.36. The Kier molecular flexibility index (Phi) is 4.38. The number of alkyl halides is 3. The van der Waals surface area contributed by atoms with Gasteiger partial charge in [0.15, 0.2) is 12.2 Å². The first-order valence-electron chi connectivity index (χ1n) is 8.10. The molecule has 3 aromatic heterocycles. The highest BCUT2D eigenvalue weighted by Gasteiger charge is 2.33. The van der Waals surface area contributed by atoms with Gasteiger partial charge >= 0.3 is 6.18 Å². The van der Waals surface area contributed by atoms with E-state index in [2.05, 4.69) is 15.3 Å². The summed E-state index contributed by atoms with van der Waals surface area (Å²) >= 11 is 0.932. The predicted octanol–water partition coefficient (Wildman–Crippen LogP) is 5.53. The maximum atomic E-state index is 12.9. The first-order valence-corrected chi connectivity index (χ1v) is 8.92. The lowest BCUT2D eigenvalue weighted by Gasteiger charge is -2.06. The van der Waals surface area contributed by atoms with Crippen LogP contribution in [-0.2, 0) is 6.18 Å². The van der Waals surface area contributed by atoms with Crippen LogP contribution in [0, 0.1) is 6.92 Å². The number of amides is 1. The number of aryl methyl sites for hydroxylation is 1. The number of benzene rings is 1. The fourth-order valence-corrected chi connectivity index (χ4v) is 3.85. The molecule has 0 aliphatic carbocycles. The lowest BCUT2D eigenvalue weighted by Crippen LogP contribution is -2.11. The molecule has 0 atom stereocenters. The van der Waals surface area contributed by atoms with Gasteiger partial charge in [0.05, 0.1) is 11.1 Å². The maximum absolute atomic E-state index is 12.9. The molecule has 1 N–H and O–H groups in total. The molecule has 1 aromatic carbocycles. The Hall–Kier alpha value is -3.20. The molecule has 0 aliphatic rings. The SMILES string of the molecule is Cc1c(C(=O)Nc2cccc(-c3cnco3)c2)sc2nc(C(F)(F)F)ccc12. The number of thiophene rings is 1. The average Bonchev–Trinajstić information content (AvgIpc) is 3.29. The smallest absolute Gasteiger partial charge is 0.433 e. The van der Waals surface area contributed by atoms with Gasteiger partial charge in [0.2, 0.25) is 0 Å². The Bertz CT molecular complexity index is 1170. The van der Waals surface area contributed by atoms with Crippen LogP contribution in [0.1, 0.15) is 20.9 Å². The lowest BCUT2D eigenvalue weighted by atomic mass is 10.1. The summed E-state index contributed by atoms with van der Waals surface area (Å²) in [5.74, 6) is 0.141. The van der Waals surface area contributed by atoms with Crippen molar-refractivity contribution in [3.05, 3.63) is 65.1 Å². The minimum Gasteiger partial charge on any atom is -0.444 e. The van der Waals surface area contributed by atoms with E-state index < -0.39 is 17.8 Å². The van der Waals surface area contributed by atoms with Gasteiger partial charge in [-0.25, -0.2) is 9.97 Å². The third-order valence-electron chi connectivity index (χ3n) is 4.14. The molecule has 0 radical (unpaired) electrons. The van der Waals surface area contributed by atoms with Gasteiger partial charge < -0.3 is 9.73 Å². The molecule has 0 spiro atoms. The Morgan fingerprint density at radius 3 is 2.75 bits per heavy atom. The second-order valence-corrected chi connectivity index (χ2v) is 7.00. The largest absolute Gasteiger partial charge is 0.444 e. The summed E-state index contributed by atoms with van der Waals surface area (Å²) in [6.45, 7) is 1.69. The second kappa shape index (κ2) is 6.75. The zero-order valence-corrected chi connectivity index (χ0v) is 15.2. The quantitative estimate of drug-likeness (QED) is 0.488. The predicted molar refractivity (Wildman–Crippen MR) is 99.3 cm³/mol. The van der Waals surface area contributed by atoms with E-state index in [9.17, 15) is 18.0 Å². The zero-order valence-electron chi connectivity index (χ0n) is 14.4. The molecule has 3 heterocycles. The third-order valence-corrected chi connectivity index (χ3v) is 5.34. The normalized spacial score (nSPS) is 11.7. The van der Waals surface area contributed by atoms with Crippen LogP contribution in [0.15, 0.2) is 53.4 Å². The summed E-state index contributed by atoms with van der Waals surface area (Å²) in [5.41, 5.74) is 0.873. The molecular weight excluding hydrogens is 391 g/mol. The highest BCUT2D eigenvalue weighted by Crippen LogP contribution is 2.34. The van der Waals surface area contributed by atoms with E-state index in [-0.39, 0.29) is 4.83 Å². The molecule has 0 saturated carbocycles. The molecule has 1 amide bonds. The summed E-state index contributed by atoms with van der Waals surface area (Å²) in [6.07, 6.45) is -1.67. The topological polar surface area (TPSA) is 68.0 Å². The Morgan fingerprint density at radius 1 is 1.21 bits per heavy atom. The molecule has 9 heteroatoms. The average molecular weight is 403 g/mol. The molecule has 28 heavy (non-hydrogen) atoms. The first-order chi connectivity index (χ1) is 13.3. The Labute approximate surface area is 160 Å². The van der Waals surface area contributed by atoms with Crippen molar-refractivity contribution in [3.63, 3.8) is 0 Å². The van der Waals surface area contributed by atoms with Crippen molar-refractivity contribution in [2.75, 3.05) is 5.32 Å². The van der Waals surface area contributed by atoms with Gasteiger partial charge in [-0.2, -0.15) is 13.2 Å². The molecular formula is C19H12F3N3O2S. The molecule has 0 bridgehead atoms. The van der Waals surface area contributed by atoms with Gasteiger partial charge in [-0.15, -0.1) is 11.3 Å². The number of halogens is 3. The Balaban J connectivity index is 1.64. The Morgan fingerprint density at radius 2 is 2.04 bits per heavy atom. The molecule has 4 aromatic rings. The number of carbonyl (C=O) groups excluding carboxylic acids is 1. The number of rotatable bonds is 3. The minimum atomic E-state index is -4.53. The number of aromatic nitrogens is 2. The van der Waals surface area contributed by atoms with Crippen molar-refractivity contribution in [3.8, 4) is 11.3 Å². The number of nitrogens with zero attached hydrogens (tertiary/aromatic N) is 2. The number of pyridine rings is 1. The van der Waals surface area contributed by atoms with Gasteiger partial charge in [-0.05, 0) is 36.8 Å². The summed E-state index contributed by atoms with van der Waals surface area (Å²) in [7, 11) is 0. The molecule has 5 nitrogen and oxygen atoms in total. The van der Waals surface area contributed by atoms with Crippen LogP contribution in [0.5, 0.6) is 0 Å². The van der Waals surface area contributed by atoms with Gasteiger partial charge in [-0.1, -0.05) is 12.1 Å². The molecule has 0 saturated heterocycles. The van der Waals surface area contributed by atoms with Crippen molar-refractivity contribution in [2.45, 2.75) is 13.1 Å². The molecule has 0 fully saturated rings. The van der Waals surface area contributed by atoms with E-state index in [1.165, 1.54) is 12.5 Å². The maximum Gasteiger partial charge on any atom is 0.433 e. The summed E-state index contributed by atoms with van der Waals surface area (Å²) in [5, 5.41) is 3.29. The van der Waals surface area contributed by atoms with E-state index in [4.69, 9.17) is 4.42 Å². The molecule has 0 unspecified atom stereocenters. The fourth-order valence-electron chi connectivity index (χ4n) is 2.77. The molecule has 142 valence electrons. The highest BCUT2D eigenvalue weighted by atomic mass is 32.1. The fraction of sp³-hybridized carbons (Fsp3) is 0.105. The number of hydrogen-bond acceptors (Lipinski definition) is 5. The summed E-state index contributed by atoms with van der Waals surface area (Å²) in [6, 6.07) is 9.26. The van der Waals surface area contributed by atoms with Crippen molar-refractivity contribution < 1.29 is 22.4 Å². The number of nitrogens with one attached hydrogen (secondary N) is 1. The van der Waals surface area contributed by atoms with Crippen LogP contribution in [0.25, 0.3) is 21.5 Å². The number of hydrogen-bond donors (Lipinski definition) is 1. The standard InChI is InChI=1S/C19H12F3N3O2S/c1-10-13-5-6-15(19(20,21)22)25-18(13)28-16(10)17(26)24-12-4-2-3-11(7-12)14-8-23-9-27-14/h2-9H,1H3,(H,24,26). The van der Waals surface area contributed by atoms with Crippen LogP contribution in [0.4, 0.5) is 18.9 Å². The van der Waals surface area contributed by atoms with Crippen molar-refractivity contribution >= 4 is 33.1 Å². The van der Waals surface area contributed by atoms with Crippen LogP contribution < -0.4 is 5.32 Å². The van der Waals surface area contributed by atoms with Crippen molar-refractivity contribution in [1.82, 2.24) is 9.97 Å². The van der Waals surface area contributed by atoms with Crippen LogP contribution in [0.3, 0.4) is 0 Å². The highest BCUT2D eigenvalue weighted by molar-refractivity contribution is 7.20. The zero-order chi connectivity index (χ0) is 19.9. The molecule has 0 aliphatic heterocycles. The molecule has 4 rings (SSSR count). The van der Waals surface area contributed by atoms with Crippen LogP contribution in [0.2, 0.25) is 0 Å². The van der Waals surface area contributed by atoms with E-state index in [1.54, 1.807) is 31.3 Å². The summed E-state index contributed by atoms with van der Waals surface area (Å²) < 4.78 is 43.9. The van der Waals surface area contributed by atoms with Gasteiger partial charge in [0, 0.05) is 16.6 Å². The number of fused-ring (bicyclic) bond motifs is 1. The lowest BCUT2D eigenvalue weighted by molar-refractivity contribution is -0.140. The number of anilines is 1. The monoisotopic (exact) mass is 403 g/mol. The number of oxazole rings is 1. The van der Waals surface area contributed by atoms with Gasteiger partial charge in [0.1, 0.15) is 10.5 Å². The first kappa shape index (κ1) is 18.2.